The summed E-state index contributed by atoms with van der Waals surface area (Å²) in [6, 6.07) is 14.3. The lowest BCUT2D eigenvalue weighted by Gasteiger charge is -2.38. The number of nitrogens with zero attached hydrogens (tertiary/aromatic N) is 3. The molecular weight excluding hydrogens is 386 g/mol. The number of aryl methyl sites for hydroxylation is 2. The number of benzene rings is 1. The second-order valence-electron chi connectivity index (χ2n) is 8.00. The second-order valence-corrected chi connectivity index (χ2v) is 8.00. The molecule has 160 valence electrons. The molecule has 31 heavy (non-hydrogen) atoms. The predicted molar refractivity (Wildman–Crippen MR) is 124 cm³/mol. The minimum atomic E-state index is -0.564. The number of amides is 1. The summed E-state index contributed by atoms with van der Waals surface area (Å²) in [5.41, 5.74) is 17.4. The minimum absolute atomic E-state index is 0.00764. The number of carbonyl (C=O) groups excluding carboxylic acids is 1. The molecule has 2 heterocycles. The summed E-state index contributed by atoms with van der Waals surface area (Å²) in [7, 11) is 0. The fourth-order valence-electron chi connectivity index (χ4n) is 3.47. The van der Waals surface area contributed by atoms with Crippen LogP contribution in [0, 0.1) is 13.8 Å². The molecule has 2 aromatic heterocycles. The van der Waals surface area contributed by atoms with Gasteiger partial charge in [-0.25, -0.2) is 9.97 Å². The fraction of sp³-hybridized carbons (Fsp3) is 0.280. The summed E-state index contributed by atoms with van der Waals surface area (Å²) in [4.78, 5) is 23.7. The van der Waals surface area contributed by atoms with Gasteiger partial charge in [-0.15, -0.1) is 0 Å². The number of carbonyl (C=O) groups is 1. The highest BCUT2D eigenvalue weighted by atomic mass is 16.1. The summed E-state index contributed by atoms with van der Waals surface area (Å²) in [5, 5.41) is 0. The van der Waals surface area contributed by atoms with E-state index < -0.39 is 5.91 Å². The third kappa shape index (κ3) is 5.41. The molecule has 3 aromatic rings. The zero-order valence-electron chi connectivity index (χ0n) is 18.3. The Morgan fingerprint density at radius 1 is 1.03 bits per heavy atom. The Kier molecular flexibility index (Phi) is 6.92. The highest BCUT2D eigenvalue weighted by molar-refractivity contribution is 5.96. The highest BCUT2D eigenvalue weighted by Gasteiger charge is 2.33. The third-order valence-electron chi connectivity index (χ3n) is 5.62. The van der Waals surface area contributed by atoms with E-state index in [0.717, 1.165) is 24.1 Å². The summed E-state index contributed by atoms with van der Waals surface area (Å²) in [6.45, 7) is 5.83. The lowest BCUT2D eigenvalue weighted by molar-refractivity contribution is 0.0995. The first-order valence-corrected chi connectivity index (χ1v) is 10.4. The van der Waals surface area contributed by atoms with E-state index in [-0.39, 0.29) is 11.2 Å². The Bertz CT molecular complexity index is 1070. The Hall–Kier alpha value is -3.38. The number of pyridine rings is 1. The minimum Gasteiger partial charge on any atom is -0.364 e. The van der Waals surface area contributed by atoms with Crippen molar-refractivity contribution in [3.63, 3.8) is 0 Å². The number of rotatable bonds is 4. The van der Waals surface area contributed by atoms with Gasteiger partial charge in [0.2, 0.25) is 0 Å². The van der Waals surface area contributed by atoms with Crippen LogP contribution in [0.5, 0.6) is 0 Å². The summed E-state index contributed by atoms with van der Waals surface area (Å²) in [6.07, 6.45) is 8.47. The lowest BCUT2D eigenvalue weighted by Crippen LogP contribution is -2.43. The third-order valence-corrected chi connectivity index (χ3v) is 5.62. The maximum absolute atomic E-state index is 11.4. The summed E-state index contributed by atoms with van der Waals surface area (Å²) in [5.74, 6) is -0.564. The van der Waals surface area contributed by atoms with Crippen LogP contribution in [0.25, 0.3) is 11.6 Å². The molecule has 1 aromatic carbocycles. The molecule has 1 saturated carbocycles. The summed E-state index contributed by atoms with van der Waals surface area (Å²) < 4.78 is 0. The molecule has 6 nitrogen and oxygen atoms in total. The number of nitrogens with two attached hydrogens (primary N) is 2. The Morgan fingerprint density at radius 2 is 1.74 bits per heavy atom. The summed E-state index contributed by atoms with van der Waals surface area (Å²) >= 11 is 0. The Morgan fingerprint density at radius 3 is 2.29 bits per heavy atom. The molecule has 0 radical (unpaired) electrons. The van der Waals surface area contributed by atoms with Gasteiger partial charge in [-0.3, -0.25) is 9.78 Å². The lowest BCUT2D eigenvalue weighted by atomic mass is 9.73. The topological polar surface area (TPSA) is 108 Å². The van der Waals surface area contributed by atoms with Crippen LogP contribution in [0.4, 0.5) is 0 Å². The number of hydrogen-bond donors (Lipinski definition) is 2. The maximum atomic E-state index is 11.4. The van der Waals surface area contributed by atoms with E-state index in [1.54, 1.807) is 6.20 Å². The SMILES string of the molecule is C/C(=C\c1c(C)ncnc1C(N)=O)c1ccccn1.Cc1ccc(C2(N)CCC2)cc1. The van der Waals surface area contributed by atoms with Crippen LogP contribution in [-0.2, 0) is 5.54 Å². The van der Waals surface area contributed by atoms with Crippen molar-refractivity contribution in [1.82, 2.24) is 15.0 Å². The van der Waals surface area contributed by atoms with Crippen LogP contribution in [0.15, 0.2) is 55.0 Å². The molecule has 0 atom stereocenters. The van der Waals surface area contributed by atoms with Crippen molar-refractivity contribution in [3.05, 3.63) is 88.8 Å². The smallest absolute Gasteiger partial charge is 0.268 e. The van der Waals surface area contributed by atoms with E-state index in [1.807, 2.05) is 38.1 Å². The first-order valence-electron chi connectivity index (χ1n) is 10.4. The average molecular weight is 416 g/mol. The van der Waals surface area contributed by atoms with Gasteiger partial charge in [-0.2, -0.15) is 0 Å². The standard InChI is InChI=1S/C14H14N4O.C11H15N/c1-9(12-5-3-4-6-16-12)7-11-10(2)17-8-18-13(11)14(15)19;1-9-3-5-10(6-4-9)11(12)7-2-8-11/h3-8H,1-2H3,(H2,15,19);3-6H,2,7-8,12H2,1H3/b9-7+;. The molecule has 0 saturated heterocycles. The molecule has 0 bridgehead atoms. The van der Waals surface area contributed by atoms with Crippen molar-refractivity contribution in [2.45, 2.75) is 45.6 Å². The van der Waals surface area contributed by atoms with E-state index in [0.29, 0.717) is 11.3 Å². The molecule has 1 aliphatic rings. The quantitative estimate of drug-likeness (QED) is 0.665. The van der Waals surface area contributed by atoms with Crippen LogP contribution in [-0.4, -0.2) is 20.9 Å². The van der Waals surface area contributed by atoms with Crippen LogP contribution in [0.3, 0.4) is 0 Å². The van der Waals surface area contributed by atoms with Gasteiger partial charge < -0.3 is 11.5 Å². The van der Waals surface area contributed by atoms with Gasteiger partial charge >= 0.3 is 0 Å². The van der Waals surface area contributed by atoms with Crippen molar-refractivity contribution in [2.24, 2.45) is 11.5 Å². The van der Waals surface area contributed by atoms with Crippen molar-refractivity contribution in [3.8, 4) is 0 Å². The normalized spacial score (nSPS) is 14.8. The number of hydrogen-bond acceptors (Lipinski definition) is 5. The Balaban J connectivity index is 0.000000194. The van der Waals surface area contributed by atoms with E-state index in [4.69, 9.17) is 11.5 Å². The molecule has 1 fully saturated rings. The first-order chi connectivity index (χ1) is 14.8. The van der Waals surface area contributed by atoms with Gasteiger partial charge in [0.15, 0.2) is 0 Å². The molecule has 6 heteroatoms. The zero-order chi connectivity index (χ0) is 22.4. The maximum Gasteiger partial charge on any atom is 0.268 e. The molecule has 0 unspecified atom stereocenters. The average Bonchev–Trinajstić information content (AvgIpc) is 2.75. The van der Waals surface area contributed by atoms with Crippen molar-refractivity contribution >= 4 is 17.6 Å². The molecule has 1 aliphatic carbocycles. The zero-order valence-corrected chi connectivity index (χ0v) is 18.3. The largest absolute Gasteiger partial charge is 0.364 e. The number of aromatic nitrogens is 3. The van der Waals surface area contributed by atoms with Gasteiger partial charge in [-0.05, 0) is 69.4 Å². The van der Waals surface area contributed by atoms with Crippen molar-refractivity contribution in [1.29, 1.82) is 0 Å². The van der Waals surface area contributed by atoms with E-state index in [2.05, 4.69) is 46.1 Å². The fourth-order valence-corrected chi connectivity index (χ4v) is 3.47. The number of allylic oxidation sites excluding steroid dienone is 1. The van der Waals surface area contributed by atoms with Gasteiger partial charge in [0.25, 0.3) is 5.91 Å². The van der Waals surface area contributed by atoms with Crippen molar-refractivity contribution in [2.75, 3.05) is 0 Å². The highest BCUT2D eigenvalue weighted by Crippen LogP contribution is 2.38. The monoisotopic (exact) mass is 415 g/mol. The second kappa shape index (κ2) is 9.62. The van der Waals surface area contributed by atoms with E-state index >= 15 is 0 Å². The Labute approximate surface area is 183 Å². The van der Waals surface area contributed by atoms with Gasteiger partial charge in [0.05, 0.1) is 5.69 Å². The van der Waals surface area contributed by atoms with Crippen LogP contribution < -0.4 is 11.5 Å². The van der Waals surface area contributed by atoms with Gasteiger partial charge in [-0.1, -0.05) is 35.9 Å². The molecule has 4 N–H and O–H groups in total. The van der Waals surface area contributed by atoms with Gasteiger partial charge in [0, 0.05) is 23.0 Å². The van der Waals surface area contributed by atoms with Crippen LogP contribution >= 0.6 is 0 Å². The van der Waals surface area contributed by atoms with E-state index in [1.165, 1.54) is 23.9 Å². The molecule has 0 spiro atoms. The van der Waals surface area contributed by atoms with E-state index in [9.17, 15) is 4.79 Å². The van der Waals surface area contributed by atoms with Crippen LogP contribution in [0.2, 0.25) is 0 Å². The molecule has 0 aliphatic heterocycles. The first kappa shape index (κ1) is 22.3. The predicted octanol–water partition coefficient (Wildman–Crippen LogP) is 4.17. The number of primary amides is 1. The molecular formula is C25H29N5O. The van der Waals surface area contributed by atoms with Gasteiger partial charge in [0.1, 0.15) is 12.0 Å². The van der Waals surface area contributed by atoms with Crippen LogP contribution in [0.1, 0.15) is 64.8 Å². The molecule has 1 amide bonds. The van der Waals surface area contributed by atoms with Crippen molar-refractivity contribution < 1.29 is 4.79 Å². The molecule has 4 rings (SSSR count).